The smallest absolute Gasteiger partial charge is 0.271 e. The first-order valence-electron chi connectivity index (χ1n) is 10.4. The van der Waals surface area contributed by atoms with Gasteiger partial charge in [0.15, 0.2) is 4.32 Å². The van der Waals surface area contributed by atoms with E-state index in [2.05, 4.69) is 18.7 Å². The van der Waals surface area contributed by atoms with E-state index in [1.54, 1.807) is 9.80 Å². The zero-order chi connectivity index (χ0) is 22.3. The van der Waals surface area contributed by atoms with Crippen LogP contribution in [0.5, 0.6) is 0 Å². The highest BCUT2D eigenvalue weighted by atomic mass is 32.2. The molecule has 0 aliphatic carbocycles. The molecule has 4 rings (SSSR count). The van der Waals surface area contributed by atoms with E-state index in [0.717, 1.165) is 41.2 Å². The second-order valence-electron chi connectivity index (χ2n) is 7.70. The van der Waals surface area contributed by atoms with Crippen molar-refractivity contribution in [1.29, 1.82) is 0 Å². The Morgan fingerprint density at radius 3 is 2.35 bits per heavy atom. The summed E-state index contributed by atoms with van der Waals surface area (Å²) in [6.07, 6.45) is 0. The minimum Gasteiger partial charge on any atom is -0.294 e. The van der Waals surface area contributed by atoms with Crippen molar-refractivity contribution in [3.05, 3.63) is 64.1 Å². The van der Waals surface area contributed by atoms with E-state index in [4.69, 9.17) is 12.2 Å². The summed E-state index contributed by atoms with van der Waals surface area (Å²) in [5, 5.41) is 0. The fraction of sp³-hybridized carbons (Fsp3) is 0.292. The Hall–Kier alpha value is -2.48. The number of hydrogen-bond acceptors (Lipinski definition) is 5. The Morgan fingerprint density at radius 1 is 0.968 bits per heavy atom. The molecule has 0 spiro atoms. The molecular formula is C24H25N3O2S2. The molecular weight excluding hydrogens is 426 g/mol. The molecule has 1 saturated heterocycles. The van der Waals surface area contributed by atoms with E-state index in [0.29, 0.717) is 21.5 Å². The summed E-state index contributed by atoms with van der Waals surface area (Å²) < 4.78 is 0.451. The summed E-state index contributed by atoms with van der Waals surface area (Å²) in [6.45, 7) is 10.3. The predicted molar refractivity (Wildman–Crippen MR) is 132 cm³/mol. The predicted octanol–water partition coefficient (Wildman–Crippen LogP) is 4.73. The fourth-order valence-corrected chi connectivity index (χ4v) is 5.40. The van der Waals surface area contributed by atoms with Gasteiger partial charge in [0, 0.05) is 5.56 Å². The number of amides is 2. The van der Waals surface area contributed by atoms with Gasteiger partial charge in [0.05, 0.1) is 28.5 Å². The molecule has 0 radical (unpaired) electrons. The number of aryl methyl sites for hydroxylation is 2. The van der Waals surface area contributed by atoms with Gasteiger partial charge in [-0.25, -0.2) is 0 Å². The Bertz CT molecular complexity index is 1120. The van der Waals surface area contributed by atoms with Crippen molar-refractivity contribution in [3.8, 4) is 0 Å². The van der Waals surface area contributed by atoms with E-state index >= 15 is 0 Å². The molecule has 1 fully saturated rings. The lowest BCUT2D eigenvalue weighted by Gasteiger charge is -2.25. The maximum absolute atomic E-state index is 13.5. The number of carbonyl (C=O) groups is 2. The van der Waals surface area contributed by atoms with Crippen LogP contribution in [-0.2, 0) is 9.59 Å². The molecule has 0 N–H and O–H groups in total. The van der Waals surface area contributed by atoms with Gasteiger partial charge in [-0.1, -0.05) is 73.7 Å². The van der Waals surface area contributed by atoms with Gasteiger partial charge in [0.1, 0.15) is 0 Å². The first kappa shape index (κ1) is 21.7. The second-order valence-corrected chi connectivity index (χ2v) is 9.34. The highest BCUT2D eigenvalue weighted by Gasteiger charge is 2.43. The van der Waals surface area contributed by atoms with Crippen molar-refractivity contribution in [2.24, 2.45) is 0 Å². The SMILES string of the molecule is CCN(CC)CN1C(=O)/C(=C2\SC(=S)N(c3ccc(C)cc3C)C2=O)c2ccccc21. The van der Waals surface area contributed by atoms with Crippen molar-refractivity contribution in [3.63, 3.8) is 0 Å². The second kappa shape index (κ2) is 8.57. The topological polar surface area (TPSA) is 43.9 Å². The summed E-state index contributed by atoms with van der Waals surface area (Å²) in [4.78, 5) is 33.0. The van der Waals surface area contributed by atoms with E-state index < -0.39 is 0 Å². The van der Waals surface area contributed by atoms with Crippen LogP contribution in [0, 0.1) is 13.8 Å². The number of thiocarbonyl (C=S) groups is 1. The summed E-state index contributed by atoms with van der Waals surface area (Å²) in [5.74, 6) is -0.376. The molecule has 31 heavy (non-hydrogen) atoms. The van der Waals surface area contributed by atoms with Gasteiger partial charge in [-0.15, -0.1) is 0 Å². The molecule has 2 aromatic carbocycles. The summed E-state index contributed by atoms with van der Waals surface area (Å²) in [6, 6.07) is 13.6. The van der Waals surface area contributed by atoms with Crippen LogP contribution < -0.4 is 9.80 Å². The van der Waals surface area contributed by atoms with Gasteiger partial charge in [-0.3, -0.25) is 24.3 Å². The third-order valence-corrected chi connectivity index (χ3v) is 7.12. The Balaban J connectivity index is 1.79. The molecule has 2 heterocycles. The molecule has 160 valence electrons. The molecule has 2 aliphatic heterocycles. The van der Waals surface area contributed by atoms with Gasteiger partial charge in [-0.2, -0.15) is 0 Å². The minimum atomic E-state index is -0.232. The van der Waals surface area contributed by atoms with Crippen molar-refractivity contribution in [2.75, 3.05) is 29.6 Å². The molecule has 0 saturated carbocycles. The van der Waals surface area contributed by atoms with E-state index in [1.165, 1.54) is 11.8 Å². The highest BCUT2D eigenvalue weighted by Crippen LogP contribution is 2.45. The number of nitrogens with zero attached hydrogens (tertiary/aromatic N) is 3. The Kier molecular flexibility index (Phi) is 6.01. The summed E-state index contributed by atoms with van der Waals surface area (Å²) >= 11 is 6.79. The number of para-hydroxylation sites is 1. The maximum Gasteiger partial charge on any atom is 0.271 e. The molecule has 2 aliphatic rings. The van der Waals surface area contributed by atoms with Crippen LogP contribution >= 0.6 is 24.0 Å². The van der Waals surface area contributed by atoms with Crippen LogP contribution in [0.15, 0.2) is 47.4 Å². The number of rotatable bonds is 5. The lowest BCUT2D eigenvalue weighted by atomic mass is 10.1. The monoisotopic (exact) mass is 451 g/mol. The average Bonchev–Trinajstić information content (AvgIpc) is 3.19. The van der Waals surface area contributed by atoms with E-state index in [1.807, 2.05) is 56.3 Å². The van der Waals surface area contributed by atoms with Gasteiger partial charge < -0.3 is 0 Å². The number of fused-ring (bicyclic) bond motifs is 1. The molecule has 0 aromatic heterocycles. The van der Waals surface area contributed by atoms with Crippen LogP contribution in [0.2, 0.25) is 0 Å². The van der Waals surface area contributed by atoms with Crippen LogP contribution in [0.4, 0.5) is 11.4 Å². The van der Waals surface area contributed by atoms with Crippen LogP contribution in [0.25, 0.3) is 5.57 Å². The third kappa shape index (κ3) is 3.71. The Labute approximate surface area is 192 Å². The largest absolute Gasteiger partial charge is 0.294 e. The lowest BCUT2D eigenvalue weighted by molar-refractivity contribution is -0.115. The third-order valence-electron chi connectivity index (χ3n) is 5.75. The fourth-order valence-electron chi connectivity index (χ4n) is 4.05. The maximum atomic E-state index is 13.5. The first-order valence-corrected chi connectivity index (χ1v) is 11.6. The lowest BCUT2D eigenvalue weighted by Crippen LogP contribution is -2.39. The van der Waals surface area contributed by atoms with Crippen LogP contribution in [0.1, 0.15) is 30.5 Å². The zero-order valence-corrected chi connectivity index (χ0v) is 19.8. The number of thioether (sulfide) groups is 1. The van der Waals surface area contributed by atoms with Crippen LogP contribution in [-0.4, -0.2) is 40.8 Å². The van der Waals surface area contributed by atoms with Gasteiger partial charge >= 0.3 is 0 Å². The van der Waals surface area contributed by atoms with Gasteiger partial charge in [0.2, 0.25) is 0 Å². The van der Waals surface area contributed by atoms with Crippen molar-refractivity contribution < 1.29 is 9.59 Å². The van der Waals surface area contributed by atoms with Crippen LogP contribution in [0.3, 0.4) is 0 Å². The molecule has 7 heteroatoms. The normalized spacial score (nSPS) is 18.5. The number of benzene rings is 2. The number of carbonyl (C=O) groups excluding carboxylic acids is 2. The summed E-state index contributed by atoms with van der Waals surface area (Å²) in [5.41, 5.74) is 4.95. The van der Waals surface area contributed by atoms with Crippen molar-refractivity contribution in [2.45, 2.75) is 27.7 Å². The van der Waals surface area contributed by atoms with E-state index in [-0.39, 0.29) is 11.8 Å². The van der Waals surface area contributed by atoms with Gasteiger partial charge in [0.25, 0.3) is 11.8 Å². The van der Waals surface area contributed by atoms with Gasteiger partial charge in [-0.05, 0) is 44.6 Å². The quantitative estimate of drug-likeness (QED) is 0.486. The standard InChI is InChI=1S/C24H25N3O2S2/c1-5-25(6-2)14-26-19-10-8-7-9-17(19)20(22(26)28)21-23(29)27(24(30)31-21)18-12-11-15(3)13-16(18)4/h7-13H,5-6,14H2,1-4H3/b21-20-. The molecule has 0 bridgehead atoms. The minimum absolute atomic E-state index is 0.144. The molecule has 0 unspecified atom stereocenters. The highest BCUT2D eigenvalue weighted by molar-refractivity contribution is 8.27. The molecule has 2 amide bonds. The average molecular weight is 452 g/mol. The summed E-state index contributed by atoms with van der Waals surface area (Å²) in [7, 11) is 0. The molecule has 5 nitrogen and oxygen atoms in total. The first-order chi connectivity index (χ1) is 14.9. The molecule has 0 atom stereocenters. The van der Waals surface area contributed by atoms with Crippen molar-refractivity contribution in [1.82, 2.24) is 4.90 Å². The van der Waals surface area contributed by atoms with Crippen molar-refractivity contribution >= 4 is 57.1 Å². The molecule has 2 aromatic rings. The number of hydrogen-bond donors (Lipinski definition) is 0. The number of anilines is 2. The van der Waals surface area contributed by atoms with E-state index in [9.17, 15) is 9.59 Å². The zero-order valence-electron chi connectivity index (χ0n) is 18.1. The Morgan fingerprint density at radius 2 is 1.68 bits per heavy atom.